The average molecular weight is 405 g/mol. The van der Waals surface area contributed by atoms with E-state index in [0.717, 1.165) is 0 Å². The van der Waals surface area contributed by atoms with Crippen LogP contribution in [0.15, 0.2) is 41.6 Å². The summed E-state index contributed by atoms with van der Waals surface area (Å²) in [7, 11) is 1.51. The highest BCUT2D eigenvalue weighted by atomic mass is 35.5. The molecule has 8 heteroatoms. The van der Waals surface area contributed by atoms with E-state index in [1.54, 1.807) is 36.4 Å². The highest BCUT2D eigenvalue weighted by Crippen LogP contribution is 2.35. The van der Waals surface area contributed by atoms with Crippen LogP contribution in [0.5, 0.6) is 11.5 Å². The number of amides is 1. The van der Waals surface area contributed by atoms with Crippen molar-refractivity contribution >= 4 is 35.2 Å². The summed E-state index contributed by atoms with van der Waals surface area (Å²) in [5.74, 6) is 0.513. The number of ether oxygens (including phenoxy) is 2. The van der Waals surface area contributed by atoms with Crippen LogP contribution in [0.3, 0.4) is 0 Å². The molecule has 0 heterocycles. The molecule has 0 aliphatic heterocycles. The number of benzene rings is 2. The highest BCUT2D eigenvalue weighted by molar-refractivity contribution is 6.32. The van der Waals surface area contributed by atoms with Crippen molar-refractivity contribution in [2.24, 2.45) is 5.16 Å². The first-order valence-electron chi connectivity index (χ1n) is 8.51. The molecule has 2 aromatic carbocycles. The number of oxime groups is 1. The number of rotatable bonds is 9. The molecular weight excluding hydrogens is 384 g/mol. The number of hydrogen-bond donors (Lipinski definition) is 1. The standard InChI is InChI=1S/C20H21ClN2O5/c1-4-27-20-17(21)9-14(10-18(20)26-3)11-22-28-12-19(25)23-16-7-5-15(6-8-16)13(2)24/h5-11H,4,12H2,1-3H3,(H,23,25)/b22-11-. The molecule has 0 saturated carbocycles. The van der Waals surface area contributed by atoms with E-state index in [1.807, 2.05) is 6.92 Å². The normalized spacial score (nSPS) is 10.6. The minimum Gasteiger partial charge on any atom is -0.493 e. The number of nitrogens with one attached hydrogen (secondary N) is 1. The summed E-state index contributed by atoms with van der Waals surface area (Å²) in [6, 6.07) is 9.91. The molecule has 0 bridgehead atoms. The van der Waals surface area contributed by atoms with Crippen LogP contribution in [0.4, 0.5) is 5.69 Å². The minimum absolute atomic E-state index is 0.0402. The van der Waals surface area contributed by atoms with E-state index in [2.05, 4.69) is 10.5 Å². The van der Waals surface area contributed by atoms with E-state index in [4.69, 9.17) is 25.9 Å². The second-order valence-corrected chi connectivity index (χ2v) is 6.06. The molecule has 0 fully saturated rings. The molecule has 1 N–H and O–H groups in total. The van der Waals surface area contributed by atoms with Crippen molar-refractivity contribution in [3.8, 4) is 11.5 Å². The average Bonchev–Trinajstić information content (AvgIpc) is 2.67. The van der Waals surface area contributed by atoms with Gasteiger partial charge in [0.2, 0.25) is 0 Å². The van der Waals surface area contributed by atoms with Gasteiger partial charge in [-0.2, -0.15) is 0 Å². The Morgan fingerprint density at radius 1 is 1.21 bits per heavy atom. The van der Waals surface area contributed by atoms with Gasteiger partial charge < -0.3 is 19.6 Å². The van der Waals surface area contributed by atoms with Gasteiger partial charge in [0, 0.05) is 16.8 Å². The summed E-state index contributed by atoms with van der Waals surface area (Å²) < 4.78 is 10.7. The van der Waals surface area contributed by atoms with Gasteiger partial charge in [-0.1, -0.05) is 16.8 Å². The Kier molecular flexibility index (Phi) is 7.83. The number of methoxy groups -OCH3 is 1. The Hall–Kier alpha value is -3.06. The molecule has 0 aliphatic carbocycles. The van der Waals surface area contributed by atoms with Gasteiger partial charge in [0.1, 0.15) is 0 Å². The van der Waals surface area contributed by atoms with E-state index < -0.39 is 0 Å². The van der Waals surface area contributed by atoms with Gasteiger partial charge in [-0.25, -0.2) is 0 Å². The number of halogens is 1. The second-order valence-electron chi connectivity index (χ2n) is 5.66. The first-order valence-corrected chi connectivity index (χ1v) is 8.89. The van der Waals surface area contributed by atoms with Gasteiger partial charge in [0.05, 0.1) is 25.0 Å². The van der Waals surface area contributed by atoms with Crippen molar-refractivity contribution < 1.29 is 23.9 Å². The third-order valence-corrected chi connectivity index (χ3v) is 3.87. The zero-order valence-electron chi connectivity index (χ0n) is 15.8. The lowest BCUT2D eigenvalue weighted by atomic mass is 10.1. The summed E-state index contributed by atoms with van der Waals surface area (Å²) in [6.45, 7) is 3.51. The molecule has 2 aromatic rings. The molecule has 1 amide bonds. The van der Waals surface area contributed by atoms with E-state index in [9.17, 15) is 9.59 Å². The fraction of sp³-hybridized carbons (Fsp3) is 0.250. The monoisotopic (exact) mass is 404 g/mol. The first kappa shape index (κ1) is 21.2. The molecule has 0 aliphatic rings. The van der Waals surface area contributed by atoms with Crippen LogP contribution >= 0.6 is 11.6 Å². The van der Waals surface area contributed by atoms with Gasteiger partial charge in [0.15, 0.2) is 23.9 Å². The van der Waals surface area contributed by atoms with Crippen LogP contribution in [0.2, 0.25) is 5.02 Å². The van der Waals surface area contributed by atoms with Crippen LogP contribution in [0.1, 0.15) is 29.8 Å². The molecule has 0 aromatic heterocycles. The quantitative estimate of drug-likeness (QED) is 0.388. The van der Waals surface area contributed by atoms with E-state index >= 15 is 0 Å². The molecule has 2 rings (SSSR count). The second kappa shape index (κ2) is 10.3. The Balaban J connectivity index is 1.90. The van der Waals surface area contributed by atoms with Crippen LogP contribution in [0.25, 0.3) is 0 Å². The van der Waals surface area contributed by atoms with Crippen molar-refractivity contribution in [3.05, 3.63) is 52.5 Å². The molecule has 0 spiro atoms. The minimum atomic E-state index is -0.380. The van der Waals surface area contributed by atoms with Crippen LogP contribution in [0, 0.1) is 0 Å². The number of Topliss-reactive ketones (excluding diaryl/α,β-unsaturated/α-hetero) is 1. The fourth-order valence-electron chi connectivity index (χ4n) is 2.28. The van der Waals surface area contributed by atoms with E-state index in [1.165, 1.54) is 20.2 Å². The van der Waals surface area contributed by atoms with Gasteiger partial charge in [-0.15, -0.1) is 0 Å². The number of anilines is 1. The zero-order valence-corrected chi connectivity index (χ0v) is 16.6. The lowest BCUT2D eigenvalue weighted by molar-refractivity contribution is -0.120. The third kappa shape index (κ3) is 5.99. The number of hydrogen-bond acceptors (Lipinski definition) is 6. The van der Waals surface area contributed by atoms with Gasteiger partial charge in [-0.3, -0.25) is 9.59 Å². The lowest BCUT2D eigenvalue weighted by Gasteiger charge is -2.11. The smallest absolute Gasteiger partial charge is 0.265 e. The lowest BCUT2D eigenvalue weighted by Crippen LogP contribution is -2.17. The predicted octanol–water partition coefficient (Wildman–Crippen LogP) is 3.94. The summed E-state index contributed by atoms with van der Waals surface area (Å²) in [4.78, 5) is 28.1. The number of ketones is 1. The maximum atomic E-state index is 11.9. The third-order valence-electron chi connectivity index (χ3n) is 3.59. The summed E-state index contributed by atoms with van der Waals surface area (Å²) in [6.07, 6.45) is 1.42. The molecule has 0 saturated heterocycles. The zero-order chi connectivity index (χ0) is 20.5. The van der Waals surface area contributed by atoms with Crippen molar-refractivity contribution in [2.75, 3.05) is 25.6 Å². The fourth-order valence-corrected chi connectivity index (χ4v) is 2.55. The van der Waals surface area contributed by atoms with Crippen molar-refractivity contribution in [1.82, 2.24) is 0 Å². The summed E-state index contributed by atoms with van der Waals surface area (Å²) >= 11 is 6.18. The van der Waals surface area contributed by atoms with E-state index in [0.29, 0.717) is 39.9 Å². The Bertz CT molecular complexity index is 866. The summed E-state index contributed by atoms with van der Waals surface area (Å²) in [5.41, 5.74) is 1.76. The number of carbonyl (C=O) groups excluding carboxylic acids is 2. The van der Waals surface area contributed by atoms with E-state index in [-0.39, 0.29) is 18.3 Å². The van der Waals surface area contributed by atoms with Gasteiger partial charge in [-0.05, 0) is 50.2 Å². The predicted molar refractivity (Wildman–Crippen MR) is 108 cm³/mol. The van der Waals surface area contributed by atoms with Crippen molar-refractivity contribution in [1.29, 1.82) is 0 Å². The van der Waals surface area contributed by atoms with Crippen LogP contribution in [-0.4, -0.2) is 38.2 Å². The first-order chi connectivity index (χ1) is 13.4. The molecule has 7 nitrogen and oxygen atoms in total. The number of nitrogens with zero attached hydrogens (tertiary/aromatic N) is 1. The topological polar surface area (TPSA) is 86.2 Å². The molecule has 148 valence electrons. The Morgan fingerprint density at radius 3 is 2.54 bits per heavy atom. The van der Waals surface area contributed by atoms with Crippen LogP contribution < -0.4 is 14.8 Å². The van der Waals surface area contributed by atoms with Gasteiger partial charge >= 0.3 is 0 Å². The Morgan fingerprint density at radius 2 is 1.93 bits per heavy atom. The molecule has 28 heavy (non-hydrogen) atoms. The van der Waals surface area contributed by atoms with Crippen molar-refractivity contribution in [2.45, 2.75) is 13.8 Å². The number of carbonyl (C=O) groups is 2. The molecule has 0 atom stereocenters. The maximum absolute atomic E-state index is 11.9. The maximum Gasteiger partial charge on any atom is 0.265 e. The largest absolute Gasteiger partial charge is 0.493 e. The SMILES string of the molecule is CCOc1c(Cl)cc(/C=N\OCC(=O)Nc2ccc(C(C)=O)cc2)cc1OC. The summed E-state index contributed by atoms with van der Waals surface area (Å²) in [5, 5.41) is 6.80. The molecule has 0 unspecified atom stereocenters. The molecular formula is C20H21ClN2O5. The molecule has 0 radical (unpaired) electrons. The van der Waals surface area contributed by atoms with Gasteiger partial charge in [0.25, 0.3) is 5.91 Å². The van der Waals surface area contributed by atoms with Crippen molar-refractivity contribution in [3.63, 3.8) is 0 Å². The highest BCUT2D eigenvalue weighted by Gasteiger charge is 2.11. The Labute approximate surface area is 168 Å². The van der Waals surface area contributed by atoms with Crippen LogP contribution in [-0.2, 0) is 9.63 Å².